The fraction of sp³-hybridized carbons (Fsp3) is 0.231. The zero-order chi connectivity index (χ0) is 12.4. The Labute approximate surface area is 104 Å². The molecule has 0 aliphatic heterocycles. The van der Waals surface area contributed by atoms with Gasteiger partial charge in [0.25, 0.3) is 0 Å². The molecule has 1 aromatic heterocycles. The molecule has 1 aliphatic carbocycles. The summed E-state index contributed by atoms with van der Waals surface area (Å²) in [5.74, 6) is 1.18. The largest absolute Gasteiger partial charge is 0.367 e. The monoisotopic (exact) mass is 244 g/mol. The van der Waals surface area contributed by atoms with Gasteiger partial charge < -0.3 is 10.6 Å². The maximum Gasteiger partial charge on any atom is 0.135 e. The first kappa shape index (κ1) is 11.0. The van der Waals surface area contributed by atoms with Gasteiger partial charge in [-0.15, -0.1) is 0 Å². The first-order valence-corrected chi connectivity index (χ1v) is 5.91. The van der Waals surface area contributed by atoms with Gasteiger partial charge in [0.1, 0.15) is 23.8 Å². The van der Waals surface area contributed by atoms with Crippen LogP contribution in [0.2, 0.25) is 0 Å². The average Bonchev–Trinajstić information content (AvgIpc) is 3.13. The van der Waals surface area contributed by atoms with E-state index in [4.69, 9.17) is 0 Å². The number of hydrogen-bond acceptors (Lipinski definition) is 4. The van der Waals surface area contributed by atoms with Gasteiger partial charge in [0.05, 0.1) is 0 Å². The highest BCUT2D eigenvalue weighted by Gasteiger charge is 2.21. The van der Waals surface area contributed by atoms with E-state index in [9.17, 15) is 4.39 Å². The van der Waals surface area contributed by atoms with Crippen LogP contribution in [-0.2, 0) is 0 Å². The second-order valence-electron chi connectivity index (χ2n) is 4.34. The predicted octanol–water partition coefficient (Wildman–Crippen LogP) is 2.93. The van der Waals surface area contributed by atoms with Crippen molar-refractivity contribution in [1.29, 1.82) is 0 Å². The van der Waals surface area contributed by atoms with Gasteiger partial charge in [-0.3, -0.25) is 0 Å². The zero-order valence-corrected chi connectivity index (χ0v) is 9.73. The molecule has 1 aromatic carbocycles. The molecular formula is C13H13FN4. The van der Waals surface area contributed by atoms with Crippen LogP contribution in [-0.4, -0.2) is 16.0 Å². The van der Waals surface area contributed by atoms with E-state index in [2.05, 4.69) is 20.6 Å². The maximum absolute atomic E-state index is 13.0. The number of nitrogens with one attached hydrogen (secondary N) is 2. The second kappa shape index (κ2) is 4.60. The number of hydrogen-bond donors (Lipinski definition) is 2. The van der Waals surface area contributed by atoms with E-state index in [-0.39, 0.29) is 5.82 Å². The van der Waals surface area contributed by atoms with Crippen molar-refractivity contribution in [3.63, 3.8) is 0 Å². The number of nitrogens with zero attached hydrogens (tertiary/aromatic N) is 2. The molecule has 2 N–H and O–H groups in total. The Balaban J connectivity index is 1.75. The van der Waals surface area contributed by atoms with Crippen LogP contribution in [0.25, 0.3) is 0 Å². The molecular weight excluding hydrogens is 231 g/mol. The molecule has 0 spiro atoms. The molecule has 1 saturated carbocycles. The van der Waals surface area contributed by atoms with Crippen LogP contribution in [0, 0.1) is 5.82 Å². The number of benzene rings is 1. The number of aromatic nitrogens is 2. The van der Waals surface area contributed by atoms with Gasteiger partial charge in [-0.25, -0.2) is 14.4 Å². The van der Waals surface area contributed by atoms with Gasteiger partial charge in [-0.05, 0) is 31.0 Å². The number of rotatable bonds is 4. The highest BCUT2D eigenvalue weighted by molar-refractivity contribution is 5.58. The van der Waals surface area contributed by atoms with Crippen molar-refractivity contribution in [2.45, 2.75) is 18.9 Å². The van der Waals surface area contributed by atoms with Crippen LogP contribution in [0.3, 0.4) is 0 Å². The van der Waals surface area contributed by atoms with Crippen LogP contribution >= 0.6 is 0 Å². The molecule has 5 heteroatoms. The predicted molar refractivity (Wildman–Crippen MR) is 68.4 cm³/mol. The number of halogens is 1. The lowest BCUT2D eigenvalue weighted by Crippen LogP contribution is -2.04. The summed E-state index contributed by atoms with van der Waals surface area (Å²) in [6.07, 6.45) is 3.87. The van der Waals surface area contributed by atoms with Gasteiger partial charge in [-0.2, -0.15) is 0 Å². The summed E-state index contributed by atoms with van der Waals surface area (Å²) in [6.45, 7) is 0. The molecule has 4 nitrogen and oxygen atoms in total. The smallest absolute Gasteiger partial charge is 0.135 e. The van der Waals surface area contributed by atoms with Gasteiger partial charge in [0.15, 0.2) is 0 Å². The Morgan fingerprint density at radius 2 is 1.94 bits per heavy atom. The van der Waals surface area contributed by atoms with E-state index in [1.807, 2.05) is 6.07 Å². The minimum absolute atomic E-state index is 0.273. The van der Waals surface area contributed by atoms with E-state index in [0.717, 1.165) is 5.82 Å². The number of anilines is 3. The Kier molecular flexibility index (Phi) is 2.80. The summed E-state index contributed by atoms with van der Waals surface area (Å²) < 4.78 is 13.0. The van der Waals surface area contributed by atoms with Crippen molar-refractivity contribution in [1.82, 2.24) is 9.97 Å². The van der Waals surface area contributed by atoms with Crippen molar-refractivity contribution in [3.05, 3.63) is 42.5 Å². The quantitative estimate of drug-likeness (QED) is 0.868. The molecule has 1 heterocycles. The molecule has 0 saturated heterocycles. The van der Waals surface area contributed by atoms with E-state index in [1.165, 1.54) is 31.3 Å². The van der Waals surface area contributed by atoms with E-state index in [1.54, 1.807) is 12.1 Å². The normalized spacial score (nSPS) is 14.3. The zero-order valence-electron chi connectivity index (χ0n) is 9.73. The second-order valence-corrected chi connectivity index (χ2v) is 4.34. The van der Waals surface area contributed by atoms with Crippen LogP contribution < -0.4 is 10.6 Å². The summed E-state index contributed by atoms with van der Waals surface area (Å²) in [5, 5.41) is 6.34. The summed E-state index contributed by atoms with van der Waals surface area (Å²) in [5.41, 5.74) is 0.672. The molecule has 0 bridgehead atoms. The standard InChI is InChI=1S/C13H13FN4/c14-9-2-1-3-11(6-9)18-13-7-12(15-8-16-13)17-10-4-5-10/h1-3,6-8,10H,4-5H2,(H2,15,16,17,18). The third kappa shape index (κ3) is 2.74. The molecule has 3 rings (SSSR count). The highest BCUT2D eigenvalue weighted by Crippen LogP contribution is 2.24. The van der Waals surface area contributed by atoms with Crippen LogP contribution in [0.15, 0.2) is 36.7 Å². The first-order chi connectivity index (χ1) is 8.79. The topological polar surface area (TPSA) is 49.8 Å². The molecule has 92 valence electrons. The Bertz CT molecular complexity index is 554. The van der Waals surface area contributed by atoms with Crippen molar-refractivity contribution >= 4 is 17.3 Å². The molecule has 0 atom stereocenters. The van der Waals surface area contributed by atoms with E-state index >= 15 is 0 Å². The van der Waals surface area contributed by atoms with Crippen molar-refractivity contribution in [2.75, 3.05) is 10.6 Å². The molecule has 0 unspecified atom stereocenters. The van der Waals surface area contributed by atoms with Gasteiger partial charge >= 0.3 is 0 Å². The van der Waals surface area contributed by atoms with E-state index < -0.39 is 0 Å². The van der Waals surface area contributed by atoms with Gasteiger partial charge in [-0.1, -0.05) is 6.07 Å². The SMILES string of the molecule is Fc1cccc(Nc2cc(NC3CC3)ncn2)c1. The van der Waals surface area contributed by atoms with Gasteiger partial charge in [0, 0.05) is 17.8 Å². The lowest BCUT2D eigenvalue weighted by atomic mass is 10.3. The van der Waals surface area contributed by atoms with Crippen molar-refractivity contribution in [3.8, 4) is 0 Å². The molecule has 1 fully saturated rings. The van der Waals surface area contributed by atoms with E-state index in [0.29, 0.717) is 17.5 Å². The minimum Gasteiger partial charge on any atom is -0.367 e. The lowest BCUT2D eigenvalue weighted by Gasteiger charge is -2.07. The fourth-order valence-electron chi connectivity index (χ4n) is 1.66. The molecule has 0 amide bonds. The van der Waals surface area contributed by atoms with Gasteiger partial charge in [0.2, 0.25) is 0 Å². The first-order valence-electron chi connectivity index (χ1n) is 5.91. The van der Waals surface area contributed by atoms with Crippen LogP contribution in [0.5, 0.6) is 0 Å². The Morgan fingerprint density at radius 3 is 2.72 bits per heavy atom. The average molecular weight is 244 g/mol. The molecule has 2 aromatic rings. The van der Waals surface area contributed by atoms with Crippen molar-refractivity contribution < 1.29 is 4.39 Å². The van der Waals surface area contributed by atoms with Crippen LogP contribution in [0.1, 0.15) is 12.8 Å². The summed E-state index contributed by atoms with van der Waals surface area (Å²) >= 11 is 0. The fourth-order valence-corrected chi connectivity index (χ4v) is 1.66. The van der Waals surface area contributed by atoms with Crippen molar-refractivity contribution in [2.24, 2.45) is 0 Å². The molecule has 0 radical (unpaired) electrons. The van der Waals surface area contributed by atoms with Crippen LogP contribution in [0.4, 0.5) is 21.7 Å². The summed E-state index contributed by atoms with van der Waals surface area (Å²) in [4.78, 5) is 8.25. The Hall–Kier alpha value is -2.17. The summed E-state index contributed by atoms with van der Waals surface area (Å²) in [7, 11) is 0. The third-order valence-corrected chi connectivity index (χ3v) is 2.69. The maximum atomic E-state index is 13.0. The Morgan fingerprint density at radius 1 is 1.11 bits per heavy atom. The lowest BCUT2D eigenvalue weighted by molar-refractivity contribution is 0.628. The summed E-state index contributed by atoms with van der Waals surface area (Å²) in [6, 6.07) is 8.65. The highest BCUT2D eigenvalue weighted by atomic mass is 19.1. The molecule has 1 aliphatic rings. The third-order valence-electron chi connectivity index (χ3n) is 2.69. The molecule has 18 heavy (non-hydrogen) atoms. The minimum atomic E-state index is -0.273.